The zero-order valence-corrected chi connectivity index (χ0v) is 12.0. The summed E-state index contributed by atoms with van der Waals surface area (Å²) < 4.78 is 0. The third-order valence-corrected chi connectivity index (χ3v) is 5.24. The molecule has 1 saturated carbocycles. The van der Waals surface area contributed by atoms with E-state index in [9.17, 15) is 0 Å². The fraction of sp³-hybridized carbons (Fsp3) is 1.00. The molecule has 0 bridgehead atoms. The van der Waals surface area contributed by atoms with Gasteiger partial charge in [0.2, 0.25) is 0 Å². The van der Waals surface area contributed by atoms with Gasteiger partial charge in [-0.15, -0.1) is 0 Å². The lowest BCUT2D eigenvalue weighted by molar-refractivity contribution is 0.0736. The normalized spacial score (nSPS) is 34.8. The van der Waals surface area contributed by atoms with E-state index in [0.29, 0.717) is 0 Å². The zero-order valence-electron chi connectivity index (χ0n) is 12.0. The molecule has 0 amide bonds. The lowest BCUT2D eigenvalue weighted by Gasteiger charge is -2.42. The Kier molecular flexibility index (Phi) is 4.87. The molecule has 1 aliphatic carbocycles. The molecular formula is C15H30N2. The summed E-state index contributed by atoms with van der Waals surface area (Å²) in [6.45, 7) is 9.93. The average Bonchev–Trinajstić information content (AvgIpc) is 2.39. The van der Waals surface area contributed by atoms with Gasteiger partial charge in [0.15, 0.2) is 0 Å². The fourth-order valence-electron chi connectivity index (χ4n) is 3.56. The molecule has 1 saturated heterocycles. The topological polar surface area (TPSA) is 6.48 Å². The van der Waals surface area contributed by atoms with E-state index in [-0.39, 0.29) is 0 Å². The molecule has 0 unspecified atom stereocenters. The van der Waals surface area contributed by atoms with Crippen molar-refractivity contribution in [3.05, 3.63) is 0 Å². The SMILES string of the molecule is CC[C@H](C)C1CCC(N2CCN(C)CC2)CC1. The number of nitrogens with zero attached hydrogens (tertiary/aromatic N) is 2. The first-order chi connectivity index (χ1) is 8.20. The molecule has 0 radical (unpaired) electrons. The third-order valence-electron chi connectivity index (χ3n) is 5.24. The van der Waals surface area contributed by atoms with Gasteiger partial charge >= 0.3 is 0 Å². The van der Waals surface area contributed by atoms with Crippen molar-refractivity contribution in [2.24, 2.45) is 11.8 Å². The zero-order chi connectivity index (χ0) is 12.3. The Balaban J connectivity index is 1.75. The van der Waals surface area contributed by atoms with Gasteiger partial charge in [-0.25, -0.2) is 0 Å². The minimum absolute atomic E-state index is 0.906. The summed E-state index contributed by atoms with van der Waals surface area (Å²) in [7, 11) is 2.25. The molecule has 2 heteroatoms. The molecular weight excluding hydrogens is 208 g/mol. The van der Waals surface area contributed by atoms with Crippen molar-refractivity contribution in [1.82, 2.24) is 9.80 Å². The van der Waals surface area contributed by atoms with Crippen LogP contribution >= 0.6 is 0 Å². The molecule has 0 aromatic rings. The van der Waals surface area contributed by atoms with Crippen molar-refractivity contribution in [1.29, 1.82) is 0 Å². The molecule has 0 aromatic carbocycles. The Morgan fingerprint density at radius 2 is 1.59 bits per heavy atom. The Hall–Kier alpha value is -0.0800. The maximum Gasteiger partial charge on any atom is 0.0113 e. The van der Waals surface area contributed by atoms with Crippen LogP contribution in [0.1, 0.15) is 46.0 Å². The molecule has 2 aliphatic rings. The summed E-state index contributed by atoms with van der Waals surface area (Å²) in [6, 6.07) is 0.906. The van der Waals surface area contributed by atoms with Crippen molar-refractivity contribution >= 4 is 0 Å². The van der Waals surface area contributed by atoms with Crippen LogP contribution in [0.4, 0.5) is 0 Å². The van der Waals surface area contributed by atoms with E-state index in [1.165, 1.54) is 58.3 Å². The average molecular weight is 238 g/mol. The summed E-state index contributed by atoms with van der Waals surface area (Å²) in [5.74, 6) is 1.96. The lowest BCUT2D eigenvalue weighted by atomic mass is 9.77. The van der Waals surface area contributed by atoms with Crippen LogP contribution in [0.2, 0.25) is 0 Å². The van der Waals surface area contributed by atoms with Gasteiger partial charge in [0.1, 0.15) is 0 Å². The molecule has 100 valence electrons. The second-order valence-electron chi connectivity index (χ2n) is 6.29. The van der Waals surface area contributed by atoms with Gasteiger partial charge in [-0.2, -0.15) is 0 Å². The third kappa shape index (κ3) is 3.45. The van der Waals surface area contributed by atoms with Crippen molar-refractivity contribution in [3.63, 3.8) is 0 Å². The molecule has 2 fully saturated rings. The highest BCUT2D eigenvalue weighted by molar-refractivity contribution is 4.83. The van der Waals surface area contributed by atoms with Crippen LogP contribution in [0.15, 0.2) is 0 Å². The summed E-state index contributed by atoms with van der Waals surface area (Å²) in [5.41, 5.74) is 0. The lowest BCUT2D eigenvalue weighted by Crippen LogP contribution is -2.50. The fourth-order valence-corrected chi connectivity index (χ4v) is 3.56. The van der Waals surface area contributed by atoms with Crippen LogP contribution < -0.4 is 0 Å². The summed E-state index contributed by atoms with van der Waals surface area (Å²) >= 11 is 0. The standard InChI is InChI=1S/C15H30N2/c1-4-13(2)14-5-7-15(8-6-14)17-11-9-16(3)10-12-17/h13-15H,4-12H2,1-3H3/t13-,14?,15?/m0/s1. The Labute approximate surface area is 107 Å². The molecule has 0 spiro atoms. The summed E-state index contributed by atoms with van der Waals surface area (Å²) in [6.07, 6.45) is 7.24. The van der Waals surface area contributed by atoms with Crippen LogP contribution in [0.5, 0.6) is 0 Å². The van der Waals surface area contributed by atoms with E-state index in [0.717, 1.165) is 17.9 Å². The number of likely N-dealkylation sites (N-methyl/N-ethyl adjacent to an activating group) is 1. The van der Waals surface area contributed by atoms with Crippen molar-refractivity contribution in [2.45, 2.75) is 52.0 Å². The second-order valence-corrected chi connectivity index (χ2v) is 6.29. The molecule has 0 aromatic heterocycles. The van der Waals surface area contributed by atoms with Crippen LogP contribution in [0.25, 0.3) is 0 Å². The highest BCUT2D eigenvalue weighted by Gasteiger charge is 2.29. The monoisotopic (exact) mass is 238 g/mol. The summed E-state index contributed by atoms with van der Waals surface area (Å²) in [4.78, 5) is 5.22. The van der Waals surface area contributed by atoms with Crippen molar-refractivity contribution in [2.75, 3.05) is 33.2 Å². The molecule has 1 aliphatic heterocycles. The molecule has 17 heavy (non-hydrogen) atoms. The molecule has 1 atom stereocenters. The van der Waals surface area contributed by atoms with Gasteiger partial charge < -0.3 is 4.90 Å². The van der Waals surface area contributed by atoms with Crippen LogP contribution in [-0.2, 0) is 0 Å². The van der Waals surface area contributed by atoms with Crippen LogP contribution in [0, 0.1) is 11.8 Å². The largest absolute Gasteiger partial charge is 0.304 e. The number of hydrogen-bond acceptors (Lipinski definition) is 2. The molecule has 0 N–H and O–H groups in total. The minimum Gasteiger partial charge on any atom is -0.304 e. The van der Waals surface area contributed by atoms with Gasteiger partial charge in [-0.1, -0.05) is 20.3 Å². The van der Waals surface area contributed by atoms with E-state index in [2.05, 4.69) is 30.7 Å². The molecule has 2 rings (SSSR count). The van der Waals surface area contributed by atoms with Gasteiger partial charge in [-0.3, -0.25) is 4.90 Å². The quantitative estimate of drug-likeness (QED) is 0.746. The van der Waals surface area contributed by atoms with Gasteiger partial charge in [0.05, 0.1) is 0 Å². The minimum atomic E-state index is 0.906. The Morgan fingerprint density at radius 1 is 1.00 bits per heavy atom. The maximum absolute atomic E-state index is 2.76. The van der Waals surface area contributed by atoms with E-state index in [1.54, 1.807) is 0 Å². The van der Waals surface area contributed by atoms with Gasteiger partial charge in [0, 0.05) is 32.2 Å². The number of piperazine rings is 1. The molecule has 2 nitrogen and oxygen atoms in total. The Bertz CT molecular complexity index is 213. The van der Waals surface area contributed by atoms with E-state index < -0.39 is 0 Å². The van der Waals surface area contributed by atoms with Crippen molar-refractivity contribution in [3.8, 4) is 0 Å². The van der Waals surface area contributed by atoms with Gasteiger partial charge in [-0.05, 0) is 44.6 Å². The second kappa shape index (κ2) is 6.19. The predicted molar refractivity (Wildman–Crippen MR) is 74.3 cm³/mol. The van der Waals surface area contributed by atoms with Gasteiger partial charge in [0.25, 0.3) is 0 Å². The highest BCUT2D eigenvalue weighted by Crippen LogP contribution is 2.33. The number of rotatable bonds is 3. The first-order valence-corrected chi connectivity index (χ1v) is 7.63. The van der Waals surface area contributed by atoms with Crippen LogP contribution in [0.3, 0.4) is 0 Å². The van der Waals surface area contributed by atoms with E-state index in [1.807, 2.05) is 0 Å². The maximum atomic E-state index is 2.76. The molecule has 1 heterocycles. The Morgan fingerprint density at radius 3 is 2.12 bits per heavy atom. The summed E-state index contributed by atoms with van der Waals surface area (Å²) in [5, 5.41) is 0. The highest BCUT2D eigenvalue weighted by atomic mass is 15.3. The van der Waals surface area contributed by atoms with E-state index >= 15 is 0 Å². The first-order valence-electron chi connectivity index (χ1n) is 7.63. The van der Waals surface area contributed by atoms with Crippen molar-refractivity contribution < 1.29 is 0 Å². The first kappa shape index (κ1) is 13.4. The number of hydrogen-bond donors (Lipinski definition) is 0. The van der Waals surface area contributed by atoms with E-state index in [4.69, 9.17) is 0 Å². The predicted octanol–water partition coefficient (Wildman–Crippen LogP) is 2.84. The smallest absolute Gasteiger partial charge is 0.0113 e. The van der Waals surface area contributed by atoms with Crippen LogP contribution in [-0.4, -0.2) is 49.1 Å².